The van der Waals surface area contributed by atoms with Crippen LogP contribution in [-0.2, 0) is 9.59 Å². The minimum Gasteiger partial charge on any atom is -0.406 e. The van der Waals surface area contributed by atoms with Crippen molar-refractivity contribution in [2.75, 3.05) is 30.4 Å². The Morgan fingerprint density at radius 2 is 1.86 bits per heavy atom. The molecule has 0 aliphatic carbocycles. The maximum Gasteiger partial charge on any atom is 0.573 e. The summed E-state index contributed by atoms with van der Waals surface area (Å²) < 4.78 is 55.8. The Balaban J connectivity index is 2.09. The van der Waals surface area contributed by atoms with Crippen LogP contribution in [0.15, 0.2) is 42.5 Å². The van der Waals surface area contributed by atoms with Gasteiger partial charge < -0.3 is 15.0 Å². The average molecular weight is 530 g/mol. The van der Waals surface area contributed by atoms with E-state index in [9.17, 15) is 27.2 Å². The Morgan fingerprint density at radius 1 is 1.19 bits per heavy atom. The highest BCUT2D eigenvalue weighted by molar-refractivity contribution is 6.30. The number of aryl methyl sites for hydroxylation is 1. The molecule has 0 radical (unpaired) electrons. The smallest absolute Gasteiger partial charge is 0.406 e. The number of anilines is 1. The van der Waals surface area contributed by atoms with Crippen molar-refractivity contribution in [1.82, 2.24) is 10.2 Å². The van der Waals surface area contributed by atoms with Crippen molar-refractivity contribution < 1.29 is 31.9 Å². The summed E-state index contributed by atoms with van der Waals surface area (Å²) in [6.45, 7) is 6.89. The molecule has 2 aromatic rings. The van der Waals surface area contributed by atoms with Gasteiger partial charge in [0.1, 0.15) is 23.5 Å². The number of piperazine rings is 1. The fourth-order valence-corrected chi connectivity index (χ4v) is 4.35. The number of amides is 2. The van der Waals surface area contributed by atoms with Crippen molar-refractivity contribution in [3.05, 3.63) is 59.4 Å². The molecule has 3 rings (SSSR count). The first-order valence-corrected chi connectivity index (χ1v) is 12.0. The van der Waals surface area contributed by atoms with E-state index in [4.69, 9.17) is 11.6 Å². The maximum absolute atomic E-state index is 13.9. The molecule has 0 bridgehead atoms. The van der Waals surface area contributed by atoms with Gasteiger partial charge in [0.2, 0.25) is 5.91 Å². The molecule has 1 fully saturated rings. The predicted octanol–water partition coefficient (Wildman–Crippen LogP) is 4.80. The molecule has 1 aliphatic rings. The van der Waals surface area contributed by atoms with E-state index in [1.807, 2.05) is 13.8 Å². The molecule has 6 nitrogen and oxygen atoms in total. The highest BCUT2D eigenvalue weighted by Crippen LogP contribution is 2.35. The quantitative estimate of drug-likeness (QED) is 0.413. The summed E-state index contributed by atoms with van der Waals surface area (Å²) in [6.07, 6.45) is -4.89. The van der Waals surface area contributed by atoms with Crippen LogP contribution in [0, 0.1) is 18.7 Å². The molecule has 2 amide bonds. The number of benzene rings is 2. The number of halogens is 5. The van der Waals surface area contributed by atoms with Crippen LogP contribution in [0.25, 0.3) is 0 Å². The molecule has 196 valence electrons. The number of nitrogens with zero attached hydrogens (tertiary/aromatic N) is 2. The first-order valence-electron chi connectivity index (χ1n) is 11.4. The summed E-state index contributed by atoms with van der Waals surface area (Å²) >= 11 is 5.92. The molecule has 1 saturated heterocycles. The van der Waals surface area contributed by atoms with Gasteiger partial charge in [-0.3, -0.25) is 14.5 Å². The number of alkyl halides is 4. The lowest BCUT2D eigenvalue weighted by molar-refractivity contribution is -0.274. The van der Waals surface area contributed by atoms with E-state index in [1.165, 1.54) is 42.2 Å². The summed E-state index contributed by atoms with van der Waals surface area (Å²) in [4.78, 5) is 29.9. The Hall–Kier alpha value is -2.85. The van der Waals surface area contributed by atoms with Crippen molar-refractivity contribution >= 4 is 29.1 Å². The van der Waals surface area contributed by atoms with Gasteiger partial charge in [-0.1, -0.05) is 26.0 Å². The van der Waals surface area contributed by atoms with Gasteiger partial charge in [0.15, 0.2) is 0 Å². The lowest BCUT2D eigenvalue weighted by Gasteiger charge is -2.40. The van der Waals surface area contributed by atoms with Crippen LogP contribution >= 0.6 is 11.6 Å². The standard InChI is InChI=1S/C25H28ClF4N3O3/c1-15(2)20-14-32(11-10-31-20)24(35)23(17-4-6-18(27)7-5-17)33(22(34)13-26)21-9-8-19(12-16(21)3)36-25(28,29)30/h4-9,12,15,20,23,31H,10-11,13-14H2,1-3H3/t20-,23-/m1/s1. The van der Waals surface area contributed by atoms with Crippen LogP contribution in [0.3, 0.4) is 0 Å². The fourth-order valence-electron chi connectivity index (χ4n) is 4.22. The molecule has 1 heterocycles. The van der Waals surface area contributed by atoms with Gasteiger partial charge in [-0.05, 0) is 54.3 Å². The van der Waals surface area contributed by atoms with Crippen LogP contribution in [0.2, 0.25) is 0 Å². The molecule has 0 aromatic heterocycles. The number of ether oxygens (including phenoxy) is 1. The second kappa shape index (κ2) is 11.5. The number of rotatable bonds is 7. The number of nitrogens with one attached hydrogen (secondary N) is 1. The SMILES string of the molecule is Cc1cc(OC(F)(F)F)ccc1N(C(=O)CCl)[C@@H](C(=O)N1CCN[C@@H](C(C)C)C1)c1ccc(F)cc1. The molecule has 2 atom stereocenters. The molecular formula is C25H28ClF4N3O3. The molecule has 0 spiro atoms. The Bertz CT molecular complexity index is 1080. The van der Waals surface area contributed by atoms with Gasteiger partial charge in [0.25, 0.3) is 5.91 Å². The lowest BCUT2D eigenvalue weighted by Crippen LogP contribution is -2.57. The second-order valence-corrected chi connectivity index (χ2v) is 9.20. The van der Waals surface area contributed by atoms with E-state index in [0.717, 1.165) is 12.1 Å². The normalized spacial score (nSPS) is 17.1. The number of carbonyl (C=O) groups is 2. The summed E-state index contributed by atoms with van der Waals surface area (Å²) in [7, 11) is 0. The first kappa shape index (κ1) is 27.7. The van der Waals surface area contributed by atoms with E-state index < -0.39 is 41.7 Å². The van der Waals surface area contributed by atoms with Crippen LogP contribution in [0.1, 0.15) is 31.0 Å². The number of hydrogen-bond acceptors (Lipinski definition) is 4. The van der Waals surface area contributed by atoms with Gasteiger partial charge in [0.05, 0.1) is 0 Å². The highest BCUT2D eigenvalue weighted by Gasteiger charge is 2.38. The van der Waals surface area contributed by atoms with Crippen molar-refractivity contribution in [2.45, 2.75) is 39.2 Å². The van der Waals surface area contributed by atoms with Crippen LogP contribution in [0.4, 0.5) is 23.2 Å². The Morgan fingerprint density at radius 3 is 2.42 bits per heavy atom. The van der Waals surface area contributed by atoms with Gasteiger partial charge in [-0.25, -0.2) is 4.39 Å². The molecular weight excluding hydrogens is 502 g/mol. The third-order valence-electron chi connectivity index (χ3n) is 6.04. The van der Waals surface area contributed by atoms with Crippen molar-refractivity contribution in [3.8, 4) is 5.75 Å². The number of carbonyl (C=O) groups excluding carboxylic acids is 2. The zero-order valence-electron chi connectivity index (χ0n) is 20.1. The molecule has 0 unspecified atom stereocenters. The van der Waals surface area contributed by atoms with E-state index in [2.05, 4.69) is 10.1 Å². The van der Waals surface area contributed by atoms with Crippen molar-refractivity contribution in [3.63, 3.8) is 0 Å². The predicted molar refractivity (Wildman–Crippen MR) is 128 cm³/mol. The largest absolute Gasteiger partial charge is 0.573 e. The van der Waals surface area contributed by atoms with Crippen LogP contribution in [-0.4, -0.2) is 54.6 Å². The summed E-state index contributed by atoms with van der Waals surface area (Å²) in [5, 5.41) is 3.37. The van der Waals surface area contributed by atoms with Crippen LogP contribution in [0.5, 0.6) is 5.75 Å². The molecule has 11 heteroatoms. The minimum absolute atomic E-state index is 0.0364. The van der Waals surface area contributed by atoms with E-state index in [-0.39, 0.29) is 23.2 Å². The minimum atomic E-state index is -4.89. The summed E-state index contributed by atoms with van der Waals surface area (Å²) in [5.74, 6) is -2.26. The molecule has 1 N–H and O–H groups in total. The van der Waals surface area contributed by atoms with E-state index >= 15 is 0 Å². The van der Waals surface area contributed by atoms with Crippen molar-refractivity contribution in [1.29, 1.82) is 0 Å². The van der Waals surface area contributed by atoms with Crippen LogP contribution < -0.4 is 15.0 Å². The Labute approximate surface area is 212 Å². The van der Waals surface area contributed by atoms with Gasteiger partial charge >= 0.3 is 6.36 Å². The fraction of sp³-hybridized carbons (Fsp3) is 0.440. The Kier molecular flexibility index (Phi) is 8.84. The maximum atomic E-state index is 13.9. The summed E-state index contributed by atoms with van der Waals surface area (Å²) in [5.41, 5.74) is 0.790. The van der Waals surface area contributed by atoms with Gasteiger partial charge in [-0.15, -0.1) is 24.8 Å². The number of hydrogen-bond donors (Lipinski definition) is 1. The second-order valence-electron chi connectivity index (χ2n) is 8.94. The molecule has 1 aliphatic heterocycles. The monoisotopic (exact) mass is 529 g/mol. The zero-order valence-corrected chi connectivity index (χ0v) is 20.9. The van der Waals surface area contributed by atoms with Crippen molar-refractivity contribution in [2.24, 2.45) is 5.92 Å². The summed E-state index contributed by atoms with van der Waals surface area (Å²) in [6, 6.07) is 7.47. The highest BCUT2D eigenvalue weighted by atomic mass is 35.5. The van der Waals surface area contributed by atoms with Gasteiger partial charge in [-0.2, -0.15) is 0 Å². The lowest BCUT2D eigenvalue weighted by atomic mass is 9.98. The first-order chi connectivity index (χ1) is 16.9. The average Bonchev–Trinajstić information content (AvgIpc) is 2.82. The third kappa shape index (κ3) is 6.67. The zero-order chi connectivity index (χ0) is 26.6. The molecule has 36 heavy (non-hydrogen) atoms. The van der Waals surface area contributed by atoms with E-state index in [0.29, 0.717) is 25.2 Å². The molecule has 0 saturated carbocycles. The topological polar surface area (TPSA) is 61.9 Å². The van der Waals surface area contributed by atoms with Gasteiger partial charge in [0, 0.05) is 31.4 Å². The van der Waals surface area contributed by atoms with E-state index in [1.54, 1.807) is 4.90 Å². The third-order valence-corrected chi connectivity index (χ3v) is 6.27. The molecule has 2 aromatic carbocycles.